The van der Waals surface area contributed by atoms with E-state index in [-0.39, 0.29) is 18.3 Å². The van der Waals surface area contributed by atoms with Crippen LogP contribution in [0.5, 0.6) is 11.5 Å². The van der Waals surface area contributed by atoms with Crippen LogP contribution in [0.4, 0.5) is 15.1 Å². The average Bonchev–Trinajstić information content (AvgIpc) is 3.31. The summed E-state index contributed by atoms with van der Waals surface area (Å²) < 4.78 is 26.1. The first-order valence-corrected chi connectivity index (χ1v) is 13.9. The van der Waals surface area contributed by atoms with Gasteiger partial charge in [-0.1, -0.05) is 36.4 Å². The summed E-state index contributed by atoms with van der Waals surface area (Å²) in [5.74, 6) is 0.502. The van der Waals surface area contributed by atoms with Gasteiger partial charge in [0.25, 0.3) is 5.91 Å². The van der Waals surface area contributed by atoms with Crippen LogP contribution in [0.3, 0.4) is 0 Å². The molecule has 0 saturated heterocycles. The standard InChI is InChI=1S/C30H26BrFN2O3S/c1-36-25-16-19(15-23(31)28(25)37-18-20-9-5-7-13-24(20)32)17-33-30-27(22-12-6-8-14-26(22)38-30)29(35)34-21-10-3-2-4-11-21/h2-5,7,9-11,13,15-17H,6,8,12,14,18H2,1H3,(H,34,35). The van der Waals surface area contributed by atoms with E-state index in [2.05, 4.69) is 21.2 Å². The van der Waals surface area contributed by atoms with E-state index in [1.807, 2.05) is 42.5 Å². The number of rotatable bonds is 8. The molecule has 1 aromatic heterocycles. The molecule has 0 spiro atoms. The van der Waals surface area contributed by atoms with Crippen molar-refractivity contribution in [2.24, 2.45) is 4.99 Å². The maximum Gasteiger partial charge on any atom is 0.259 e. The van der Waals surface area contributed by atoms with Gasteiger partial charge in [-0.2, -0.15) is 0 Å². The van der Waals surface area contributed by atoms with Gasteiger partial charge in [0.15, 0.2) is 11.5 Å². The number of aryl methyl sites for hydroxylation is 1. The molecule has 1 heterocycles. The minimum Gasteiger partial charge on any atom is -0.493 e. The predicted molar refractivity (Wildman–Crippen MR) is 154 cm³/mol. The number of anilines is 1. The molecule has 1 N–H and O–H groups in total. The van der Waals surface area contributed by atoms with Crippen molar-refractivity contribution in [1.29, 1.82) is 0 Å². The van der Waals surface area contributed by atoms with Gasteiger partial charge >= 0.3 is 0 Å². The molecule has 5 nitrogen and oxygen atoms in total. The Balaban J connectivity index is 1.41. The highest BCUT2D eigenvalue weighted by molar-refractivity contribution is 9.10. The van der Waals surface area contributed by atoms with Crippen molar-refractivity contribution < 1.29 is 18.7 Å². The number of nitrogens with one attached hydrogen (secondary N) is 1. The lowest BCUT2D eigenvalue weighted by Gasteiger charge is -2.14. The Morgan fingerprint density at radius 1 is 1.11 bits per heavy atom. The molecule has 194 valence electrons. The molecule has 0 saturated carbocycles. The molecule has 0 aliphatic heterocycles. The van der Waals surface area contributed by atoms with Crippen molar-refractivity contribution >= 4 is 50.1 Å². The maximum absolute atomic E-state index is 14.0. The number of ether oxygens (including phenoxy) is 2. The van der Waals surface area contributed by atoms with E-state index in [9.17, 15) is 9.18 Å². The van der Waals surface area contributed by atoms with Crippen LogP contribution in [0.15, 0.2) is 76.2 Å². The van der Waals surface area contributed by atoms with Gasteiger partial charge in [-0.3, -0.25) is 4.79 Å². The number of nitrogens with zero attached hydrogens (tertiary/aromatic N) is 1. The smallest absolute Gasteiger partial charge is 0.259 e. The van der Waals surface area contributed by atoms with Gasteiger partial charge in [0.2, 0.25) is 0 Å². The summed E-state index contributed by atoms with van der Waals surface area (Å²) in [4.78, 5) is 19.3. The van der Waals surface area contributed by atoms with Crippen molar-refractivity contribution in [3.05, 3.63) is 104 Å². The van der Waals surface area contributed by atoms with Crippen LogP contribution in [0, 0.1) is 5.82 Å². The van der Waals surface area contributed by atoms with Crippen LogP contribution < -0.4 is 14.8 Å². The Kier molecular flexibility index (Phi) is 8.20. The van der Waals surface area contributed by atoms with Crippen LogP contribution in [-0.4, -0.2) is 19.2 Å². The summed E-state index contributed by atoms with van der Waals surface area (Å²) in [6.45, 7) is 0.0652. The Labute approximate surface area is 233 Å². The molecule has 1 amide bonds. The fraction of sp³-hybridized carbons (Fsp3) is 0.200. The predicted octanol–water partition coefficient (Wildman–Crippen LogP) is 8.12. The molecule has 0 radical (unpaired) electrons. The lowest BCUT2D eigenvalue weighted by Crippen LogP contribution is -2.14. The summed E-state index contributed by atoms with van der Waals surface area (Å²) >= 11 is 5.14. The first-order valence-electron chi connectivity index (χ1n) is 12.3. The molecule has 0 atom stereocenters. The van der Waals surface area contributed by atoms with E-state index in [4.69, 9.17) is 14.5 Å². The number of aliphatic imine (C=N–C) groups is 1. The van der Waals surface area contributed by atoms with Crippen molar-refractivity contribution in [2.75, 3.05) is 12.4 Å². The zero-order chi connectivity index (χ0) is 26.5. The second-order valence-corrected chi connectivity index (χ2v) is 10.8. The van der Waals surface area contributed by atoms with Gasteiger partial charge in [-0.25, -0.2) is 9.38 Å². The summed E-state index contributed by atoms with van der Waals surface area (Å²) in [6, 6.07) is 19.6. The first kappa shape index (κ1) is 26.1. The van der Waals surface area contributed by atoms with Crippen molar-refractivity contribution in [2.45, 2.75) is 32.3 Å². The van der Waals surface area contributed by atoms with Gasteiger partial charge in [0, 0.05) is 22.3 Å². The molecule has 38 heavy (non-hydrogen) atoms. The Morgan fingerprint density at radius 3 is 2.66 bits per heavy atom. The summed E-state index contributed by atoms with van der Waals surface area (Å²) in [6.07, 6.45) is 5.76. The number of carbonyl (C=O) groups excluding carboxylic acids is 1. The number of para-hydroxylation sites is 1. The third kappa shape index (κ3) is 5.81. The molecular formula is C30H26BrFN2O3S. The van der Waals surface area contributed by atoms with Gasteiger partial charge < -0.3 is 14.8 Å². The van der Waals surface area contributed by atoms with Crippen molar-refractivity contribution in [3.8, 4) is 11.5 Å². The van der Waals surface area contributed by atoms with E-state index in [0.717, 1.165) is 42.5 Å². The summed E-state index contributed by atoms with van der Waals surface area (Å²) in [5, 5.41) is 3.72. The van der Waals surface area contributed by atoms with Crippen LogP contribution in [0.1, 0.15) is 44.8 Å². The van der Waals surface area contributed by atoms with E-state index >= 15 is 0 Å². The highest BCUT2D eigenvalue weighted by atomic mass is 79.9. The van der Waals surface area contributed by atoms with Crippen LogP contribution in [0.2, 0.25) is 0 Å². The molecule has 0 unspecified atom stereocenters. The minimum atomic E-state index is -0.322. The number of halogens is 2. The molecule has 8 heteroatoms. The third-order valence-electron chi connectivity index (χ3n) is 6.32. The fourth-order valence-electron chi connectivity index (χ4n) is 4.44. The normalized spacial score (nSPS) is 12.8. The molecule has 3 aromatic carbocycles. The topological polar surface area (TPSA) is 59.9 Å². The summed E-state index contributed by atoms with van der Waals surface area (Å²) in [5.41, 5.74) is 3.74. The van der Waals surface area contributed by atoms with Gasteiger partial charge in [0.05, 0.1) is 17.1 Å². The first-order chi connectivity index (χ1) is 18.5. The lowest BCUT2D eigenvalue weighted by atomic mass is 9.95. The van der Waals surface area contributed by atoms with E-state index < -0.39 is 0 Å². The van der Waals surface area contributed by atoms with Crippen molar-refractivity contribution in [3.63, 3.8) is 0 Å². The molecular weight excluding hydrogens is 567 g/mol. The van der Waals surface area contributed by atoms with Gasteiger partial charge in [-0.15, -0.1) is 11.3 Å². The van der Waals surface area contributed by atoms with Gasteiger partial charge in [0.1, 0.15) is 17.4 Å². The second-order valence-electron chi connectivity index (χ2n) is 8.88. The highest BCUT2D eigenvalue weighted by Gasteiger charge is 2.25. The van der Waals surface area contributed by atoms with Crippen LogP contribution in [0.25, 0.3) is 0 Å². The van der Waals surface area contributed by atoms with Crippen LogP contribution >= 0.6 is 27.3 Å². The number of hydrogen-bond acceptors (Lipinski definition) is 5. The Morgan fingerprint density at radius 2 is 1.87 bits per heavy atom. The number of amides is 1. The van der Waals surface area contributed by atoms with Crippen LogP contribution in [-0.2, 0) is 19.4 Å². The molecule has 0 fully saturated rings. The zero-order valence-electron chi connectivity index (χ0n) is 20.8. The quantitative estimate of drug-likeness (QED) is 0.210. The van der Waals surface area contributed by atoms with E-state index in [0.29, 0.717) is 32.1 Å². The Bertz CT molecular complexity index is 1490. The molecule has 1 aliphatic rings. The second kappa shape index (κ2) is 11.9. The zero-order valence-corrected chi connectivity index (χ0v) is 23.2. The summed E-state index contributed by atoms with van der Waals surface area (Å²) in [7, 11) is 1.55. The highest BCUT2D eigenvalue weighted by Crippen LogP contribution is 2.41. The number of carbonyl (C=O) groups is 1. The monoisotopic (exact) mass is 592 g/mol. The number of methoxy groups -OCH3 is 1. The van der Waals surface area contributed by atoms with Crippen molar-refractivity contribution in [1.82, 2.24) is 0 Å². The number of thiophene rings is 1. The third-order valence-corrected chi connectivity index (χ3v) is 8.11. The molecule has 0 bridgehead atoms. The maximum atomic E-state index is 14.0. The largest absolute Gasteiger partial charge is 0.493 e. The number of benzene rings is 3. The number of fused-ring (bicyclic) bond motifs is 1. The molecule has 1 aliphatic carbocycles. The molecule has 5 rings (SSSR count). The minimum absolute atomic E-state index is 0.0652. The average molecular weight is 594 g/mol. The SMILES string of the molecule is COc1cc(C=Nc2sc3c(c2C(=O)Nc2ccccc2)CCCC3)cc(Br)c1OCc1ccccc1F. The lowest BCUT2D eigenvalue weighted by molar-refractivity contribution is 0.102. The van der Waals surface area contributed by atoms with E-state index in [1.54, 1.807) is 42.9 Å². The molecule has 4 aromatic rings. The van der Waals surface area contributed by atoms with E-state index in [1.165, 1.54) is 10.9 Å². The van der Waals surface area contributed by atoms with Gasteiger partial charge in [-0.05, 0) is 83.1 Å². The number of hydrogen-bond donors (Lipinski definition) is 1. The fourth-order valence-corrected chi connectivity index (χ4v) is 6.25. The Hall–Kier alpha value is -3.49.